The van der Waals surface area contributed by atoms with Crippen molar-refractivity contribution in [3.05, 3.63) is 35.9 Å². The molecule has 170 valence electrons. The van der Waals surface area contributed by atoms with Crippen molar-refractivity contribution >= 4 is 23.4 Å². The predicted molar refractivity (Wildman–Crippen MR) is 111 cm³/mol. The van der Waals surface area contributed by atoms with Crippen molar-refractivity contribution < 1.29 is 22.6 Å². The predicted octanol–water partition coefficient (Wildman–Crippen LogP) is 3.10. The number of halogens is 4. The first-order valence-corrected chi connectivity index (χ1v) is 9.62. The number of nitrogens with zero attached hydrogens (tertiary/aromatic N) is 5. The smallest absolute Gasteiger partial charge is 0.421 e. The zero-order valence-corrected chi connectivity index (χ0v) is 17.8. The second-order valence-electron chi connectivity index (χ2n) is 7.08. The lowest BCUT2D eigenvalue weighted by atomic mass is 10.1. The summed E-state index contributed by atoms with van der Waals surface area (Å²) in [7, 11) is 1.72. The second kappa shape index (κ2) is 9.68. The van der Waals surface area contributed by atoms with Gasteiger partial charge in [0.2, 0.25) is 11.7 Å². The number of rotatable bonds is 6. The molecule has 0 radical (unpaired) electrons. The van der Waals surface area contributed by atoms with Crippen LogP contribution in [0.15, 0.2) is 24.5 Å². The molecule has 4 heterocycles. The number of hydrogen-bond acceptors (Lipinski definition) is 7. The first kappa shape index (κ1) is 23.7. The number of fused-ring (bicyclic) bond motifs is 1. The molecule has 1 aliphatic rings. The Kier molecular flexibility index (Phi) is 7.18. The summed E-state index contributed by atoms with van der Waals surface area (Å²) in [5.41, 5.74) is -0.269. The zero-order chi connectivity index (χ0) is 22.0. The number of ether oxygens (including phenoxy) is 2. The van der Waals surface area contributed by atoms with E-state index in [-0.39, 0.29) is 48.8 Å². The Morgan fingerprint density at radius 2 is 2.12 bits per heavy atom. The molecule has 1 saturated heterocycles. The molecular formula is C20H20ClF3N6O2. The van der Waals surface area contributed by atoms with Crippen molar-refractivity contribution in [1.82, 2.24) is 24.8 Å². The summed E-state index contributed by atoms with van der Waals surface area (Å²) in [6.07, 6.45) is -0.837. The van der Waals surface area contributed by atoms with E-state index in [0.29, 0.717) is 11.0 Å². The molecule has 0 aromatic carbocycles. The van der Waals surface area contributed by atoms with Gasteiger partial charge < -0.3 is 19.4 Å². The number of aromatic nitrogens is 4. The molecule has 0 bridgehead atoms. The summed E-state index contributed by atoms with van der Waals surface area (Å²) in [6, 6.07) is 4.45. The SMILES string of the molecule is Cl.Cn1ccc2c(-c3cnc(OCCO[C@@H]4CCNC4)c(C(F)(F)F)c3)nc(C#N)nc21. The fourth-order valence-electron chi connectivity index (χ4n) is 3.43. The van der Waals surface area contributed by atoms with Crippen molar-refractivity contribution in [2.24, 2.45) is 7.05 Å². The molecule has 12 heteroatoms. The largest absolute Gasteiger partial charge is 0.475 e. The topological polar surface area (TPSA) is 97.9 Å². The van der Waals surface area contributed by atoms with Crippen LogP contribution in [-0.2, 0) is 18.0 Å². The minimum absolute atomic E-state index is 0. The lowest BCUT2D eigenvalue weighted by molar-refractivity contribution is -0.139. The van der Waals surface area contributed by atoms with Gasteiger partial charge in [-0.2, -0.15) is 18.4 Å². The third kappa shape index (κ3) is 4.93. The van der Waals surface area contributed by atoms with E-state index in [9.17, 15) is 18.4 Å². The van der Waals surface area contributed by atoms with E-state index < -0.39 is 17.6 Å². The van der Waals surface area contributed by atoms with Crippen LogP contribution in [0.5, 0.6) is 5.88 Å². The lowest BCUT2D eigenvalue weighted by Gasteiger charge is -2.15. The normalized spacial score (nSPS) is 16.0. The molecule has 0 spiro atoms. The quantitative estimate of drug-likeness (QED) is 0.555. The molecule has 0 unspecified atom stereocenters. The monoisotopic (exact) mass is 468 g/mol. The average Bonchev–Trinajstić information content (AvgIpc) is 3.40. The standard InChI is InChI=1S/C20H19F3N6O2.ClH/c1-29-5-3-14-17(27-16(9-24)28-18(14)29)12-8-15(20(21,22)23)19(26-10-12)31-7-6-30-13-2-4-25-11-13;/h3,5,8,10,13,25H,2,4,6-7,11H2,1H3;1H/t13-;/m1./s1. The highest BCUT2D eigenvalue weighted by molar-refractivity contribution is 5.91. The summed E-state index contributed by atoms with van der Waals surface area (Å²) >= 11 is 0. The highest BCUT2D eigenvalue weighted by Crippen LogP contribution is 2.38. The summed E-state index contributed by atoms with van der Waals surface area (Å²) in [6.45, 7) is 1.69. The molecule has 1 aliphatic heterocycles. The molecule has 1 atom stereocenters. The minimum Gasteiger partial charge on any atom is -0.475 e. The Hall–Kier alpha value is -2.94. The van der Waals surface area contributed by atoms with Crippen LogP contribution >= 0.6 is 12.4 Å². The average molecular weight is 469 g/mol. The second-order valence-corrected chi connectivity index (χ2v) is 7.08. The van der Waals surface area contributed by atoms with E-state index in [4.69, 9.17) is 9.47 Å². The van der Waals surface area contributed by atoms with E-state index in [1.807, 2.05) is 6.07 Å². The van der Waals surface area contributed by atoms with Crippen molar-refractivity contribution in [3.63, 3.8) is 0 Å². The fraction of sp³-hybridized carbons (Fsp3) is 0.400. The first-order valence-electron chi connectivity index (χ1n) is 9.62. The number of pyridine rings is 1. The van der Waals surface area contributed by atoms with Crippen LogP contribution in [0, 0.1) is 11.3 Å². The van der Waals surface area contributed by atoms with Crippen molar-refractivity contribution in [2.45, 2.75) is 18.7 Å². The first-order chi connectivity index (χ1) is 14.9. The molecule has 0 amide bonds. The van der Waals surface area contributed by atoms with E-state index in [0.717, 1.165) is 25.6 Å². The number of nitrogens with one attached hydrogen (secondary N) is 1. The molecule has 0 saturated carbocycles. The van der Waals surface area contributed by atoms with Crippen molar-refractivity contribution in [2.75, 3.05) is 26.3 Å². The number of aryl methyl sites for hydroxylation is 1. The van der Waals surface area contributed by atoms with Gasteiger partial charge in [0.25, 0.3) is 0 Å². The van der Waals surface area contributed by atoms with Gasteiger partial charge in [-0.1, -0.05) is 0 Å². The van der Waals surface area contributed by atoms with E-state index in [1.165, 1.54) is 6.20 Å². The number of alkyl halides is 3. The highest BCUT2D eigenvalue weighted by atomic mass is 35.5. The molecule has 1 fully saturated rings. The maximum Gasteiger partial charge on any atom is 0.421 e. The Labute approximate surface area is 187 Å². The van der Waals surface area contributed by atoms with Gasteiger partial charge in [0.05, 0.1) is 18.4 Å². The molecule has 3 aromatic rings. The molecule has 4 rings (SSSR count). The van der Waals surface area contributed by atoms with E-state index in [2.05, 4.69) is 20.3 Å². The summed E-state index contributed by atoms with van der Waals surface area (Å²) in [4.78, 5) is 12.1. The fourth-order valence-corrected chi connectivity index (χ4v) is 3.43. The lowest BCUT2D eigenvalue weighted by Crippen LogP contribution is -2.20. The van der Waals surface area contributed by atoms with Crippen LogP contribution in [0.1, 0.15) is 17.8 Å². The molecule has 1 N–H and O–H groups in total. The van der Waals surface area contributed by atoms with Gasteiger partial charge in [-0.15, -0.1) is 12.4 Å². The van der Waals surface area contributed by atoms with Gasteiger partial charge in [-0.3, -0.25) is 0 Å². The summed E-state index contributed by atoms with van der Waals surface area (Å²) in [5, 5.41) is 12.9. The molecule has 3 aromatic heterocycles. The highest BCUT2D eigenvalue weighted by Gasteiger charge is 2.36. The molecule has 32 heavy (non-hydrogen) atoms. The molecular weight excluding hydrogens is 449 g/mol. The third-order valence-electron chi connectivity index (χ3n) is 4.95. The summed E-state index contributed by atoms with van der Waals surface area (Å²) in [5.74, 6) is -0.667. The Morgan fingerprint density at radius 1 is 1.31 bits per heavy atom. The van der Waals surface area contributed by atoms with Crippen molar-refractivity contribution in [3.8, 4) is 23.2 Å². The number of hydrogen-bond donors (Lipinski definition) is 1. The van der Waals surface area contributed by atoms with E-state index >= 15 is 0 Å². The van der Waals surface area contributed by atoms with Crippen LogP contribution in [0.4, 0.5) is 13.2 Å². The zero-order valence-electron chi connectivity index (χ0n) is 17.0. The Balaban J connectivity index is 0.00000289. The summed E-state index contributed by atoms with van der Waals surface area (Å²) < 4.78 is 53.7. The Bertz CT molecular complexity index is 1140. The van der Waals surface area contributed by atoms with Crippen LogP contribution in [0.2, 0.25) is 0 Å². The van der Waals surface area contributed by atoms with Gasteiger partial charge in [-0.05, 0) is 25.1 Å². The van der Waals surface area contributed by atoms with Crippen LogP contribution < -0.4 is 10.1 Å². The minimum atomic E-state index is -4.69. The van der Waals surface area contributed by atoms with Crippen molar-refractivity contribution in [1.29, 1.82) is 5.26 Å². The van der Waals surface area contributed by atoms with Crippen LogP contribution in [0.3, 0.4) is 0 Å². The third-order valence-corrected chi connectivity index (χ3v) is 4.95. The number of nitriles is 1. The van der Waals surface area contributed by atoms with Gasteiger partial charge in [0.15, 0.2) is 0 Å². The van der Waals surface area contributed by atoms with Gasteiger partial charge >= 0.3 is 6.18 Å². The van der Waals surface area contributed by atoms with Gasteiger partial charge in [0, 0.05) is 36.9 Å². The maximum atomic E-state index is 13.7. The molecule has 0 aliphatic carbocycles. The van der Waals surface area contributed by atoms with Gasteiger partial charge in [0.1, 0.15) is 23.9 Å². The maximum absolute atomic E-state index is 13.7. The Morgan fingerprint density at radius 3 is 2.81 bits per heavy atom. The van der Waals surface area contributed by atoms with E-state index in [1.54, 1.807) is 23.9 Å². The van der Waals surface area contributed by atoms with Crippen LogP contribution in [0.25, 0.3) is 22.3 Å². The van der Waals surface area contributed by atoms with Crippen LogP contribution in [-0.4, -0.2) is 51.9 Å². The molecule has 8 nitrogen and oxygen atoms in total. The van der Waals surface area contributed by atoms with Gasteiger partial charge in [-0.25, -0.2) is 15.0 Å².